The van der Waals surface area contributed by atoms with Crippen molar-refractivity contribution < 1.29 is 26.1 Å². The second kappa shape index (κ2) is 7.17. The predicted molar refractivity (Wildman–Crippen MR) is 58.2 cm³/mol. The normalized spacial score (nSPS) is 18.4. The molecule has 0 aromatic heterocycles. The molecule has 4 nitrogen and oxygen atoms in total. The fraction of sp³-hybridized carbons (Fsp3) is 1.00. The molecule has 1 fully saturated rings. The Kier molecular flexibility index (Phi) is 7.03. The van der Waals surface area contributed by atoms with Crippen LogP contribution in [0.3, 0.4) is 0 Å². The Hall–Kier alpha value is -0.340. The first kappa shape index (κ1) is 16.7. The molecule has 0 atom stereocenters. The maximum Gasteiger partial charge on any atom is 0.522 e. The second-order valence-electron chi connectivity index (χ2n) is 3.82. The van der Waals surface area contributed by atoms with E-state index in [2.05, 4.69) is 11.8 Å². The van der Waals surface area contributed by atoms with E-state index in [1.54, 1.807) is 0 Å². The lowest BCUT2D eigenvalue weighted by molar-refractivity contribution is -0.0510. The van der Waals surface area contributed by atoms with Gasteiger partial charge in [0.2, 0.25) is 0 Å². The van der Waals surface area contributed by atoms with Crippen LogP contribution in [0.25, 0.3) is 0 Å². The smallest absolute Gasteiger partial charge is 0.303 e. The monoisotopic (exact) mass is 277 g/mol. The zero-order valence-electron chi connectivity index (χ0n) is 9.70. The summed E-state index contributed by atoms with van der Waals surface area (Å²) in [5.41, 5.74) is -5.53. The third-order valence-corrected chi connectivity index (χ3v) is 2.87. The summed E-state index contributed by atoms with van der Waals surface area (Å²) in [6.07, 6.45) is 5.64. The van der Waals surface area contributed by atoms with Crippen molar-refractivity contribution in [3.05, 3.63) is 0 Å². The van der Waals surface area contributed by atoms with E-state index in [1.807, 2.05) is 0 Å². The van der Waals surface area contributed by atoms with Gasteiger partial charge in [0.25, 0.3) is 0 Å². The van der Waals surface area contributed by atoms with E-state index in [0.717, 1.165) is 0 Å². The van der Waals surface area contributed by atoms with Crippen LogP contribution in [0.5, 0.6) is 0 Å². The number of halogens is 3. The summed E-state index contributed by atoms with van der Waals surface area (Å²) < 4.78 is 57.5. The molecule has 0 bridgehead atoms. The summed E-state index contributed by atoms with van der Waals surface area (Å²) in [7, 11) is -5.84. The number of hydrogen-bond donors (Lipinski definition) is 1. The molecule has 1 aliphatic heterocycles. The van der Waals surface area contributed by atoms with Crippen molar-refractivity contribution in [2.75, 3.05) is 19.6 Å². The third kappa shape index (κ3) is 7.56. The van der Waals surface area contributed by atoms with Gasteiger partial charge in [-0.3, -0.25) is 4.55 Å². The van der Waals surface area contributed by atoms with Gasteiger partial charge in [-0.2, -0.15) is 21.6 Å². The highest BCUT2D eigenvalue weighted by Crippen LogP contribution is 2.20. The third-order valence-electron chi connectivity index (χ3n) is 2.28. The Morgan fingerprint density at radius 2 is 1.59 bits per heavy atom. The molecule has 0 radical (unpaired) electrons. The predicted octanol–water partition coefficient (Wildman–Crippen LogP) is 2.28. The Bertz CT molecular complexity index is 294. The first-order chi connectivity index (χ1) is 7.68. The standard InChI is InChI=1S/C8H17N.CHF3O3S/c1-2-6-9-7-4-3-5-8-9;2-1(3,4)8(5,6)7/h2-8H2,1H3;(H,5,6,7). The van der Waals surface area contributed by atoms with Crippen LogP contribution in [0.15, 0.2) is 0 Å². The van der Waals surface area contributed by atoms with Gasteiger partial charge in [-0.05, 0) is 38.9 Å². The van der Waals surface area contributed by atoms with Gasteiger partial charge in [0, 0.05) is 0 Å². The van der Waals surface area contributed by atoms with E-state index in [0.29, 0.717) is 0 Å². The topological polar surface area (TPSA) is 57.6 Å². The molecular formula is C9H18F3NO3S. The van der Waals surface area contributed by atoms with E-state index >= 15 is 0 Å². The van der Waals surface area contributed by atoms with Crippen LogP contribution in [-0.2, 0) is 10.1 Å². The summed E-state index contributed by atoms with van der Waals surface area (Å²) in [6, 6.07) is 0. The fourth-order valence-electron chi connectivity index (χ4n) is 1.50. The van der Waals surface area contributed by atoms with Crippen LogP contribution in [0, 0.1) is 0 Å². The molecule has 0 aromatic rings. The molecule has 0 amide bonds. The average molecular weight is 277 g/mol. The van der Waals surface area contributed by atoms with E-state index in [4.69, 9.17) is 13.0 Å². The van der Waals surface area contributed by atoms with Crippen LogP contribution in [0.2, 0.25) is 0 Å². The zero-order chi connectivity index (χ0) is 13.5. The van der Waals surface area contributed by atoms with Gasteiger partial charge in [0.1, 0.15) is 0 Å². The van der Waals surface area contributed by atoms with Gasteiger partial charge in [0.05, 0.1) is 0 Å². The van der Waals surface area contributed by atoms with Gasteiger partial charge in [-0.25, -0.2) is 0 Å². The van der Waals surface area contributed by atoms with Crippen molar-refractivity contribution in [2.24, 2.45) is 0 Å². The van der Waals surface area contributed by atoms with Gasteiger partial charge in [-0.1, -0.05) is 13.3 Å². The number of likely N-dealkylation sites (tertiary alicyclic amines) is 1. The lowest BCUT2D eigenvalue weighted by Crippen LogP contribution is -2.30. The summed E-state index contributed by atoms with van der Waals surface area (Å²) >= 11 is 0. The second-order valence-corrected chi connectivity index (χ2v) is 5.24. The molecule has 104 valence electrons. The first-order valence-corrected chi connectivity index (χ1v) is 6.88. The van der Waals surface area contributed by atoms with Crippen LogP contribution < -0.4 is 0 Å². The maximum absolute atomic E-state index is 10.7. The minimum absolute atomic E-state index is 1.32. The summed E-state index contributed by atoms with van der Waals surface area (Å²) in [6.45, 7) is 6.29. The Balaban J connectivity index is 0.000000304. The van der Waals surface area contributed by atoms with Gasteiger partial charge in [-0.15, -0.1) is 0 Å². The molecule has 0 aliphatic carbocycles. The molecular weight excluding hydrogens is 259 g/mol. The molecule has 1 saturated heterocycles. The summed E-state index contributed by atoms with van der Waals surface area (Å²) in [5.74, 6) is 0. The van der Waals surface area contributed by atoms with Gasteiger partial charge >= 0.3 is 15.6 Å². The molecule has 8 heteroatoms. The summed E-state index contributed by atoms with van der Waals surface area (Å²) in [5, 5.41) is 0. The Labute approximate surface area is 99.5 Å². The average Bonchev–Trinajstić information content (AvgIpc) is 2.17. The van der Waals surface area contributed by atoms with Crippen LogP contribution in [-0.4, -0.2) is 43.0 Å². The Morgan fingerprint density at radius 3 is 1.88 bits per heavy atom. The van der Waals surface area contributed by atoms with Crippen molar-refractivity contribution in [3.63, 3.8) is 0 Å². The van der Waals surface area contributed by atoms with E-state index < -0.39 is 15.6 Å². The molecule has 1 heterocycles. The first-order valence-electron chi connectivity index (χ1n) is 5.44. The molecule has 0 unspecified atom stereocenters. The quantitative estimate of drug-likeness (QED) is 0.621. The highest BCUT2D eigenvalue weighted by molar-refractivity contribution is 7.86. The molecule has 1 N–H and O–H groups in total. The largest absolute Gasteiger partial charge is 0.522 e. The minimum atomic E-state index is -5.84. The molecule has 0 saturated carbocycles. The van der Waals surface area contributed by atoms with E-state index in [9.17, 15) is 13.2 Å². The number of piperidine rings is 1. The van der Waals surface area contributed by atoms with Crippen LogP contribution in [0.1, 0.15) is 32.6 Å². The molecule has 1 rings (SSSR count). The Morgan fingerprint density at radius 1 is 1.18 bits per heavy atom. The molecule has 1 aliphatic rings. The highest BCUT2D eigenvalue weighted by Gasteiger charge is 2.44. The number of nitrogens with zero attached hydrogens (tertiary/aromatic N) is 1. The van der Waals surface area contributed by atoms with Crippen LogP contribution in [0.4, 0.5) is 13.2 Å². The minimum Gasteiger partial charge on any atom is -0.303 e. The summed E-state index contributed by atoms with van der Waals surface area (Å²) in [4.78, 5) is 2.57. The lowest BCUT2D eigenvalue weighted by Gasteiger charge is -2.25. The highest BCUT2D eigenvalue weighted by atomic mass is 32.2. The van der Waals surface area contributed by atoms with Crippen LogP contribution >= 0.6 is 0 Å². The van der Waals surface area contributed by atoms with Crippen molar-refractivity contribution in [1.29, 1.82) is 0 Å². The SMILES string of the molecule is CCCN1CCCCC1.O=S(=O)(O)C(F)(F)F. The molecule has 0 spiro atoms. The number of rotatable bonds is 2. The molecule has 0 aromatic carbocycles. The number of alkyl halides is 3. The van der Waals surface area contributed by atoms with E-state index in [1.165, 1.54) is 45.3 Å². The zero-order valence-corrected chi connectivity index (χ0v) is 10.5. The molecule has 17 heavy (non-hydrogen) atoms. The van der Waals surface area contributed by atoms with Crippen molar-refractivity contribution in [2.45, 2.75) is 38.1 Å². The van der Waals surface area contributed by atoms with Crippen molar-refractivity contribution >= 4 is 10.1 Å². The van der Waals surface area contributed by atoms with Gasteiger partial charge < -0.3 is 4.90 Å². The van der Waals surface area contributed by atoms with Crippen molar-refractivity contribution in [3.8, 4) is 0 Å². The van der Waals surface area contributed by atoms with Gasteiger partial charge in [0.15, 0.2) is 0 Å². The maximum atomic E-state index is 10.7. The van der Waals surface area contributed by atoms with E-state index in [-0.39, 0.29) is 0 Å². The van der Waals surface area contributed by atoms with Crippen molar-refractivity contribution in [1.82, 2.24) is 4.90 Å². The lowest BCUT2D eigenvalue weighted by atomic mass is 10.1. The fourth-order valence-corrected chi connectivity index (χ4v) is 1.50. The number of hydrogen-bond acceptors (Lipinski definition) is 3.